The second-order valence-electron chi connectivity index (χ2n) is 27.1. The number of hydrogen-bond acceptors (Lipinski definition) is 4. The van der Waals surface area contributed by atoms with E-state index in [1.165, 1.54) is 332 Å². The predicted octanol–water partition coefficient (Wildman–Crippen LogP) is 27.3. The molecule has 0 aliphatic carbocycles. The summed E-state index contributed by atoms with van der Waals surface area (Å²) in [5.74, 6) is 20.7. The van der Waals surface area contributed by atoms with Crippen LogP contribution in [0.2, 0.25) is 0 Å². The molecule has 2 aromatic carbocycles. The van der Waals surface area contributed by atoms with Crippen molar-refractivity contribution in [3.63, 3.8) is 0 Å². The molecule has 0 spiro atoms. The van der Waals surface area contributed by atoms with Crippen LogP contribution in [0, 0.1) is 47.4 Å². The highest BCUT2D eigenvalue weighted by molar-refractivity contribution is 5.58. The topological polar surface area (TPSA) is 36.9 Å². The summed E-state index contributed by atoms with van der Waals surface area (Å²) in [5.41, 5.74) is 4.52. The maximum Gasteiger partial charge on any atom is 0.135 e. The van der Waals surface area contributed by atoms with Gasteiger partial charge in [-0.15, -0.1) is 0 Å². The molecular formula is C84H148O4. The predicted molar refractivity (Wildman–Crippen MR) is 390 cm³/mol. The summed E-state index contributed by atoms with van der Waals surface area (Å²) in [6, 6.07) is 8.77. The van der Waals surface area contributed by atoms with Gasteiger partial charge in [0.25, 0.3) is 0 Å². The summed E-state index contributed by atoms with van der Waals surface area (Å²) >= 11 is 0. The molecule has 0 heterocycles. The van der Waals surface area contributed by atoms with Crippen molar-refractivity contribution in [2.24, 2.45) is 23.7 Å². The Labute approximate surface area is 550 Å². The molecule has 0 saturated heterocycles. The van der Waals surface area contributed by atoms with Crippen molar-refractivity contribution in [3.05, 3.63) is 46.5 Å². The highest BCUT2D eigenvalue weighted by atomic mass is 16.5. The van der Waals surface area contributed by atoms with Gasteiger partial charge in [-0.3, -0.25) is 0 Å². The lowest BCUT2D eigenvalue weighted by molar-refractivity contribution is 0.366. The Hall–Kier alpha value is -3.24. The molecule has 0 radical (unpaired) electrons. The van der Waals surface area contributed by atoms with E-state index in [0.29, 0.717) is 11.8 Å². The number of unbranched alkanes of at least 4 members (excludes halogenated alkanes) is 32. The zero-order valence-electron chi connectivity index (χ0n) is 61.0. The van der Waals surface area contributed by atoms with Crippen molar-refractivity contribution >= 4 is 0 Å². The third-order valence-corrected chi connectivity index (χ3v) is 19.2. The Bertz CT molecular complexity index is 1840. The van der Waals surface area contributed by atoms with Gasteiger partial charge in [-0.2, -0.15) is 0 Å². The minimum atomic E-state index is 0.448. The van der Waals surface area contributed by atoms with Crippen LogP contribution in [0.1, 0.15) is 399 Å². The molecule has 88 heavy (non-hydrogen) atoms. The lowest BCUT2D eigenvalue weighted by atomic mass is 9.87. The highest BCUT2D eigenvalue weighted by Crippen LogP contribution is 2.35. The molecule has 4 nitrogen and oxygen atoms in total. The summed E-state index contributed by atoms with van der Waals surface area (Å²) in [6.45, 7) is 18.4. The third kappa shape index (κ3) is 43.5. The van der Waals surface area contributed by atoms with Gasteiger partial charge in [0.05, 0.1) is 39.6 Å². The summed E-state index contributed by atoms with van der Waals surface area (Å²) < 4.78 is 23.7. The largest absolute Gasteiger partial charge is 0.496 e. The summed E-state index contributed by atoms with van der Waals surface area (Å²) in [4.78, 5) is 0. The monoisotopic (exact) mass is 1220 g/mol. The normalized spacial score (nSPS) is 12.5. The second kappa shape index (κ2) is 61.3. The Morgan fingerprint density at radius 2 is 0.466 bits per heavy atom. The molecule has 0 N–H and O–H groups in total. The molecule has 2 rings (SSSR count). The van der Waals surface area contributed by atoms with Crippen LogP contribution in [-0.4, -0.2) is 28.4 Å². The van der Waals surface area contributed by atoms with E-state index in [-0.39, 0.29) is 0 Å². The lowest BCUT2D eigenvalue weighted by Gasteiger charge is -2.21. The van der Waals surface area contributed by atoms with E-state index in [1.54, 1.807) is 14.2 Å². The van der Waals surface area contributed by atoms with E-state index in [1.807, 2.05) is 14.2 Å². The molecule has 4 unspecified atom stereocenters. The van der Waals surface area contributed by atoms with E-state index in [2.05, 4.69) is 103 Å². The van der Waals surface area contributed by atoms with E-state index < -0.39 is 0 Å². The average molecular weight is 1220 g/mol. The molecule has 0 aliphatic rings. The Morgan fingerprint density at radius 1 is 0.250 bits per heavy atom. The first-order valence-electron chi connectivity index (χ1n) is 38.8. The molecule has 0 bridgehead atoms. The molecule has 4 atom stereocenters. The van der Waals surface area contributed by atoms with E-state index >= 15 is 0 Å². The lowest BCUT2D eigenvalue weighted by Crippen LogP contribution is -2.07. The zero-order valence-corrected chi connectivity index (χ0v) is 61.0. The number of hydrogen-bond donors (Lipinski definition) is 0. The van der Waals surface area contributed by atoms with Gasteiger partial charge in [0.1, 0.15) is 23.0 Å². The third-order valence-electron chi connectivity index (χ3n) is 19.2. The molecule has 0 saturated carbocycles. The fraction of sp³-hybridized carbons (Fsp3) is 0.810. The number of benzene rings is 2. The smallest absolute Gasteiger partial charge is 0.135 e. The van der Waals surface area contributed by atoms with E-state index in [9.17, 15) is 0 Å². The van der Waals surface area contributed by atoms with Gasteiger partial charge in [-0.1, -0.05) is 362 Å². The fourth-order valence-corrected chi connectivity index (χ4v) is 13.2. The van der Waals surface area contributed by atoms with Crippen LogP contribution in [0.4, 0.5) is 0 Å². The van der Waals surface area contributed by atoms with Crippen LogP contribution < -0.4 is 18.9 Å². The SMILES string of the molecule is CCCCCCCCC(C#Cc1cc(OC)c(C#CC(CCCCCC)CCCCCCCC)cc1OC)CCCCCC.CCCCCCCCC(CCCCCC)CCc1cc(OC)c(CCC(CCCCCC)CCCCCCCC)cc1OC. The van der Waals surface area contributed by atoms with E-state index in [0.717, 1.165) is 58.8 Å². The number of aryl methyl sites for hydroxylation is 2. The van der Waals surface area contributed by atoms with Crippen LogP contribution >= 0.6 is 0 Å². The van der Waals surface area contributed by atoms with Gasteiger partial charge in [-0.25, -0.2) is 0 Å². The summed E-state index contributed by atoms with van der Waals surface area (Å²) in [6.07, 6.45) is 69.3. The van der Waals surface area contributed by atoms with Gasteiger partial charge in [0.2, 0.25) is 0 Å². The Morgan fingerprint density at radius 3 is 0.705 bits per heavy atom. The molecule has 4 heteroatoms. The molecule has 0 aromatic heterocycles. The van der Waals surface area contributed by atoms with Crippen molar-refractivity contribution < 1.29 is 18.9 Å². The number of rotatable bonds is 58. The van der Waals surface area contributed by atoms with Crippen LogP contribution in [0.15, 0.2) is 24.3 Å². The van der Waals surface area contributed by atoms with Crippen LogP contribution in [0.3, 0.4) is 0 Å². The summed E-state index contributed by atoms with van der Waals surface area (Å²) in [7, 11) is 7.22. The van der Waals surface area contributed by atoms with Gasteiger partial charge in [0, 0.05) is 24.0 Å². The first-order chi connectivity index (χ1) is 43.2. The van der Waals surface area contributed by atoms with Gasteiger partial charge >= 0.3 is 0 Å². The molecule has 508 valence electrons. The van der Waals surface area contributed by atoms with Crippen LogP contribution in [0.5, 0.6) is 23.0 Å². The van der Waals surface area contributed by atoms with Crippen molar-refractivity contribution in [2.75, 3.05) is 28.4 Å². The maximum absolute atomic E-state index is 6.02. The standard InChI is InChI=1S/C42H78O2.C42H70O2/c2*1-7-11-15-19-21-25-29-37(27-23-17-13-9-3)31-33-39-35-42(44-6)40(36-41(39)43-5)34-32-38(28-24-18-14-10-4)30-26-22-20-16-12-8-2/h35-38H,7-34H2,1-6H3;35-38H,7-30H2,1-6H3. The van der Waals surface area contributed by atoms with Crippen molar-refractivity contribution in [1.29, 1.82) is 0 Å². The zero-order chi connectivity index (χ0) is 64.2. The maximum atomic E-state index is 6.02. The minimum Gasteiger partial charge on any atom is -0.496 e. The molecule has 0 aliphatic heterocycles. The fourth-order valence-electron chi connectivity index (χ4n) is 13.2. The molecule has 2 aromatic rings. The van der Waals surface area contributed by atoms with Crippen molar-refractivity contribution in [3.8, 4) is 46.7 Å². The van der Waals surface area contributed by atoms with Gasteiger partial charge in [-0.05, 0) is 86.5 Å². The molecule has 0 amide bonds. The number of methoxy groups -OCH3 is 4. The first kappa shape index (κ1) is 82.8. The average Bonchev–Trinajstić information content (AvgIpc) is 3.32. The quantitative estimate of drug-likeness (QED) is 0.0489. The summed E-state index contributed by atoms with van der Waals surface area (Å²) in [5, 5.41) is 0. The van der Waals surface area contributed by atoms with Gasteiger partial charge < -0.3 is 18.9 Å². The van der Waals surface area contributed by atoms with Crippen molar-refractivity contribution in [2.45, 2.75) is 389 Å². The van der Waals surface area contributed by atoms with Crippen LogP contribution in [-0.2, 0) is 12.8 Å². The second-order valence-corrected chi connectivity index (χ2v) is 27.1. The van der Waals surface area contributed by atoms with Crippen molar-refractivity contribution in [1.82, 2.24) is 0 Å². The molecular weight excluding hydrogens is 1070 g/mol. The number of ether oxygens (including phenoxy) is 4. The van der Waals surface area contributed by atoms with Gasteiger partial charge in [0.15, 0.2) is 0 Å². The Balaban J connectivity index is 0.000000880. The van der Waals surface area contributed by atoms with Crippen LogP contribution in [0.25, 0.3) is 0 Å². The molecule has 0 fully saturated rings. The first-order valence-corrected chi connectivity index (χ1v) is 38.8. The van der Waals surface area contributed by atoms with E-state index in [4.69, 9.17) is 18.9 Å². The Kier molecular flexibility index (Phi) is 57.6. The minimum absolute atomic E-state index is 0.448. The highest BCUT2D eigenvalue weighted by Gasteiger charge is 2.18.